The van der Waals surface area contributed by atoms with Crippen molar-refractivity contribution in [2.24, 2.45) is 5.41 Å². The molecule has 4 aromatic rings. The first kappa shape index (κ1) is 22.3. The van der Waals surface area contributed by atoms with Crippen LogP contribution in [0.25, 0.3) is 27.9 Å². The van der Waals surface area contributed by atoms with E-state index in [9.17, 15) is 0 Å². The third-order valence-electron chi connectivity index (χ3n) is 7.98. The minimum Gasteiger partial charge on any atom is -0.360 e. The van der Waals surface area contributed by atoms with Crippen molar-refractivity contribution in [2.45, 2.75) is 44.9 Å². The first-order chi connectivity index (χ1) is 17.5. The van der Waals surface area contributed by atoms with E-state index in [-0.39, 0.29) is 5.41 Å². The molecule has 1 spiro atoms. The molecule has 0 unspecified atom stereocenters. The molecule has 0 bridgehead atoms. The van der Waals surface area contributed by atoms with Crippen molar-refractivity contribution in [2.75, 3.05) is 18.0 Å². The van der Waals surface area contributed by atoms with Crippen molar-refractivity contribution >= 4 is 45.6 Å². The van der Waals surface area contributed by atoms with Crippen LogP contribution in [-0.4, -0.2) is 28.2 Å². The topological polar surface area (TPSA) is 55.1 Å². The summed E-state index contributed by atoms with van der Waals surface area (Å²) in [7, 11) is 0. The Kier molecular flexibility index (Phi) is 5.16. The van der Waals surface area contributed by atoms with Gasteiger partial charge < -0.3 is 9.42 Å². The first-order valence-electron chi connectivity index (χ1n) is 12.6. The van der Waals surface area contributed by atoms with Gasteiger partial charge in [-0.1, -0.05) is 46.6 Å². The number of allylic oxidation sites excluding steroid dienone is 2. The van der Waals surface area contributed by atoms with Crippen molar-refractivity contribution in [1.29, 1.82) is 0 Å². The lowest BCUT2D eigenvalue weighted by Crippen LogP contribution is -2.42. The Morgan fingerprint density at radius 3 is 2.47 bits per heavy atom. The molecule has 7 heteroatoms. The first-order valence-corrected chi connectivity index (χ1v) is 13.4. The van der Waals surface area contributed by atoms with E-state index in [1.807, 2.05) is 24.4 Å². The van der Waals surface area contributed by atoms with Crippen LogP contribution in [0.15, 0.2) is 53.2 Å². The molecular formula is C29H26Cl2N4O. The lowest BCUT2D eigenvalue weighted by atomic mass is 9.63. The molecule has 2 aromatic heterocycles. The Labute approximate surface area is 220 Å². The van der Waals surface area contributed by atoms with Gasteiger partial charge in [-0.05, 0) is 79.8 Å². The number of nitrogens with zero attached hydrogens (tertiary/aromatic N) is 4. The summed E-state index contributed by atoms with van der Waals surface area (Å²) in [5.41, 5.74) is 7.32. The molecule has 36 heavy (non-hydrogen) atoms. The molecule has 2 aromatic carbocycles. The number of rotatable bonds is 4. The van der Waals surface area contributed by atoms with Crippen molar-refractivity contribution in [3.63, 3.8) is 0 Å². The van der Waals surface area contributed by atoms with Crippen LogP contribution in [0.3, 0.4) is 0 Å². The van der Waals surface area contributed by atoms with E-state index in [0.29, 0.717) is 16.0 Å². The number of aryl methyl sites for hydroxylation is 1. The minimum absolute atomic E-state index is 0.215. The van der Waals surface area contributed by atoms with Gasteiger partial charge in [0, 0.05) is 30.1 Å². The van der Waals surface area contributed by atoms with Gasteiger partial charge in [-0.3, -0.25) is 4.98 Å². The fraction of sp³-hybridized carbons (Fsp3) is 0.345. The van der Waals surface area contributed by atoms with E-state index < -0.39 is 0 Å². The number of anilines is 1. The predicted octanol–water partition coefficient (Wildman–Crippen LogP) is 7.85. The molecule has 3 heterocycles. The number of hydrogen-bond donors (Lipinski definition) is 0. The molecule has 3 aliphatic rings. The average Bonchev–Trinajstić information content (AvgIpc) is 3.62. The summed E-state index contributed by atoms with van der Waals surface area (Å²) in [5.74, 6) is 2.42. The third kappa shape index (κ3) is 3.72. The second-order valence-corrected chi connectivity index (χ2v) is 11.4. The van der Waals surface area contributed by atoms with E-state index in [2.05, 4.69) is 46.2 Å². The summed E-state index contributed by atoms with van der Waals surface area (Å²) < 4.78 is 5.90. The number of hydrogen-bond acceptors (Lipinski definition) is 5. The molecule has 0 atom stereocenters. The zero-order valence-electron chi connectivity index (χ0n) is 20.1. The van der Waals surface area contributed by atoms with Crippen molar-refractivity contribution in [1.82, 2.24) is 15.1 Å². The quantitative estimate of drug-likeness (QED) is 0.276. The number of fused-ring (bicyclic) bond motifs is 1. The monoisotopic (exact) mass is 516 g/mol. The second-order valence-electron chi connectivity index (χ2n) is 10.6. The van der Waals surface area contributed by atoms with Gasteiger partial charge in [0.1, 0.15) is 17.3 Å². The van der Waals surface area contributed by atoms with E-state index >= 15 is 0 Å². The van der Waals surface area contributed by atoms with Crippen molar-refractivity contribution in [3.8, 4) is 11.3 Å². The summed E-state index contributed by atoms with van der Waals surface area (Å²) in [6.07, 6.45) is 9.90. The SMILES string of the molecule is Cc1ccc2nc(N3CCC4(C=C(c5c(-c6c(Cl)cccc6Cl)noc5C5CC5)C4)CC3)cnc2c1. The van der Waals surface area contributed by atoms with Gasteiger partial charge in [-0.15, -0.1) is 0 Å². The van der Waals surface area contributed by atoms with E-state index in [1.54, 1.807) is 0 Å². The highest BCUT2D eigenvalue weighted by molar-refractivity contribution is 6.39. The highest BCUT2D eigenvalue weighted by atomic mass is 35.5. The summed E-state index contributed by atoms with van der Waals surface area (Å²) >= 11 is 13.1. The lowest BCUT2D eigenvalue weighted by molar-refractivity contribution is 0.277. The Morgan fingerprint density at radius 1 is 1.00 bits per heavy atom. The van der Waals surface area contributed by atoms with Crippen LogP contribution >= 0.6 is 23.2 Å². The lowest BCUT2D eigenvalue weighted by Gasteiger charge is -2.46. The Bertz CT molecular complexity index is 1510. The molecule has 2 aliphatic carbocycles. The molecule has 0 N–H and O–H groups in total. The Balaban J connectivity index is 1.15. The highest BCUT2D eigenvalue weighted by Gasteiger charge is 2.44. The van der Waals surface area contributed by atoms with Crippen LogP contribution in [0.5, 0.6) is 0 Å². The zero-order valence-corrected chi connectivity index (χ0v) is 21.6. The molecule has 0 radical (unpaired) electrons. The number of aromatic nitrogens is 3. The molecular weight excluding hydrogens is 491 g/mol. The van der Waals surface area contributed by atoms with Gasteiger partial charge in [0.15, 0.2) is 0 Å². The maximum absolute atomic E-state index is 6.56. The zero-order chi connectivity index (χ0) is 24.4. The van der Waals surface area contributed by atoms with Gasteiger partial charge in [0.05, 0.1) is 27.3 Å². The van der Waals surface area contributed by atoms with Crippen LogP contribution in [0.2, 0.25) is 10.0 Å². The van der Waals surface area contributed by atoms with Crippen LogP contribution in [0.1, 0.15) is 54.9 Å². The molecule has 1 saturated carbocycles. The third-order valence-corrected chi connectivity index (χ3v) is 8.61. The van der Waals surface area contributed by atoms with E-state index in [4.69, 9.17) is 32.7 Å². The van der Waals surface area contributed by atoms with Gasteiger partial charge in [0.2, 0.25) is 0 Å². The van der Waals surface area contributed by atoms with Crippen LogP contribution in [0.4, 0.5) is 5.82 Å². The Hall–Kier alpha value is -2.89. The van der Waals surface area contributed by atoms with Gasteiger partial charge in [-0.25, -0.2) is 4.98 Å². The average molecular weight is 517 g/mol. The van der Waals surface area contributed by atoms with Gasteiger partial charge in [0.25, 0.3) is 0 Å². The molecule has 182 valence electrons. The molecule has 1 aliphatic heterocycles. The largest absolute Gasteiger partial charge is 0.360 e. The van der Waals surface area contributed by atoms with Crippen LogP contribution in [-0.2, 0) is 0 Å². The fourth-order valence-corrected chi connectivity index (χ4v) is 6.35. The number of benzene rings is 2. The van der Waals surface area contributed by atoms with Crippen LogP contribution in [0, 0.1) is 12.3 Å². The standard InChI is InChI=1S/C29H26Cl2N4O/c1-17-5-8-22-23(13-17)32-16-24(33-22)35-11-9-29(10-12-35)14-19(15-29)25-27(34-36-28(25)18-6-7-18)26-20(30)3-2-4-21(26)31/h2-5,8,13-14,16,18H,6-7,9-12,15H2,1H3. The maximum Gasteiger partial charge on any atom is 0.147 e. The Morgan fingerprint density at radius 2 is 1.75 bits per heavy atom. The summed E-state index contributed by atoms with van der Waals surface area (Å²) in [4.78, 5) is 11.9. The normalized spacial score (nSPS) is 19.0. The number of halogens is 2. The molecule has 7 rings (SSSR count). The van der Waals surface area contributed by atoms with E-state index in [0.717, 1.165) is 84.6 Å². The molecule has 0 amide bonds. The smallest absolute Gasteiger partial charge is 0.147 e. The van der Waals surface area contributed by atoms with Crippen molar-refractivity contribution in [3.05, 3.63) is 75.6 Å². The minimum atomic E-state index is 0.215. The summed E-state index contributed by atoms with van der Waals surface area (Å²) in [5, 5.41) is 5.69. The molecule has 5 nitrogen and oxygen atoms in total. The predicted molar refractivity (Wildman–Crippen MR) is 145 cm³/mol. The maximum atomic E-state index is 6.56. The molecule has 2 fully saturated rings. The van der Waals surface area contributed by atoms with Crippen molar-refractivity contribution < 1.29 is 4.52 Å². The van der Waals surface area contributed by atoms with Gasteiger partial charge >= 0.3 is 0 Å². The fourth-order valence-electron chi connectivity index (χ4n) is 5.78. The number of piperidine rings is 1. The molecule has 1 saturated heterocycles. The second kappa shape index (κ2) is 8.32. The van der Waals surface area contributed by atoms with E-state index in [1.165, 1.54) is 11.1 Å². The highest BCUT2D eigenvalue weighted by Crippen LogP contribution is 2.56. The summed E-state index contributed by atoms with van der Waals surface area (Å²) in [6.45, 7) is 4.02. The van der Waals surface area contributed by atoms with Gasteiger partial charge in [-0.2, -0.15) is 0 Å². The summed E-state index contributed by atoms with van der Waals surface area (Å²) in [6, 6.07) is 11.8. The van der Waals surface area contributed by atoms with Crippen LogP contribution < -0.4 is 4.90 Å².